The highest BCUT2D eigenvalue weighted by molar-refractivity contribution is 7.07. The molecule has 48 heavy (non-hydrogen) atoms. The molecule has 0 amide bonds. The van der Waals surface area contributed by atoms with Crippen LogP contribution in [-0.2, 0) is 16.1 Å². The monoisotopic (exact) mass is 700 g/mol. The molecule has 0 bridgehead atoms. The van der Waals surface area contributed by atoms with Gasteiger partial charge in [-0.3, -0.25) is 9.36 Å². The molecule has 1 aliphatic rings. The zero-order valence-corrected chi connectivity index (χ0v) is 28.6. The van der Waals surface area contributed by atoms with Gasteiger partial charge in [-0.1, -0.05) is 95.2 Å². The highest BCUT2D eigenvalue weighted by Crippen LogP contribution is 2.38. The molecule has 11 heteroatoms. The van der Waals surface area contributed by atoms with Crippen LogP contribution in [0.2, 0.25) is 10.0 Å². The van der Waals surface area contributed by atoms with Crippen LogP contribution in [0.3, 0.4) is 0 Å². The summed E-state index contributed by atoms with van der Waals surface area (Å²) < 4.78 is 24.8. The zero-order chi connectivity index (χ0) is 33.8. The minimum absolute atomic E-state index is 0.145. The number of carbonyl (C=O) groups excluding carboxylic acids is 1. The van der Waals surface area contributed by atoms with Crippen LogP contribution in [-0.4, -0.2) is 31.4 Å². The summed E-state index contributed by atoms with van der Waals surface area (Å²) in [6.07, 6.45) is 1.77. The van der Waals surface area contributed by atoms with Gasteiger partial charge in [0.1, 0.15) is 12.4 Å². The minimum Gasteiger partial charge on any atom is -0.493 e. The van der Waals surface area contributed by atoms with E-state index in [4.69, 9.17) is 47.1 Å². The van der Waals surface area contributed by atoms with Crippen molar-refractivity contribution in [3.63, 3.8) is 0 Å². The number of benzene rings is 4. The number of aromatic nitrogens is 1. The number of esters is 1. The maximum absolute atomic E-state index is 14.4. The number of halogens is 2. The van der Waals surface area contributed by atoms with Crippen LogP contribution in [0.5, 0.6) is 17.2 Å². The van der Waals surface area contributed by atoms with Crippen LogP contribution in [0.15, 0.2) is 106 Å². The zero-order valence-electron chi connectivity index (χ0n) is 26.2. The first-order valence-corrected chi connectivity index (χ1v) is 16.6. The topological polar surface area (TPSA) is 88.4 Å². The van der Waals surface area contributed by atoms with E-state index >= 15 is 0 Å². The van der Waals surface area contributed by atoms with E-state index in [-0.39, 0.29) is 24.3 Å². The fourth-order valence-corrected chi connectivity index (χ4v) is 6.75. The summed E-state index contributed by atoms with van der Waals surface area (Å²) in [6.45, 7) is 2.13. The summed E-state index contributed by atoms with van der Waals surface area (Å²) in [4.78, 5) is 33.5. The number of hydrogen-bond donors (Lipinski definition) is 0. The van der Waals surface area contributed by atoms with Crippen molar-refractivity contribution in [2.24, 2.45) is 4.99 Å². The Morgan fingerprint density at radius 2 is 1.65 bits per heavy atom. The molecular formula is C37H30Cl2N2O6S. The Balaban J connectivity index is 1.53. The van der Waals surface area contributed by atoms with Gasteiger partial charge in [0.2, 0.25) is 0 Å². The standard InChI is InChI=1S/C37H30Cl2N2O6S/c1-4-46-36(43)32-33(23-10-6-5-7-11-23)40-37-41(34(32)25-15-17-29(44-2)30(19-25)45-3)35(42)31(48-37)20-24-12-8-9-13-28(24)47-21-22-14-16-26(38)27(39)18-22/h5-20,34H,4,21H2,1-3H3/b31-20-/t34-/m0/s1. The maximum Gasteiger partial charge on any atom is 0.338 e. The first-order chi connectivity index (χ1) is 23.3. The molecule has 4 aromatic carbocycles. The molecule has 8 nitrogen and oxygen atoms in total. The van der Waals surface area contributed by atoms with Crippen molar-refractivity contribution in [2.45, 2.75) is 19.6 Å². The summed E-state index contributed by atoms with van der Waals surface area (Å²) in [5.41, 5.74) is 3.20. The highest BCUT2D eigenvalue weighted by atomic mass is 35.5. The molecule has 6 rings (SSSR count). The van der Waals surface area contributed by atoms with Gasteiger partial charge in [0.15, 0.2) is 16.3 Å². The van der Waals surface area contributed by atoms with Crippen LogP contribution >= 0.6 is 34.5 Å². The Bertz CT molecular complexity index is 2210. The van der Waals surface area contributed by atoms with Crippen LogP contribution in [0.1, 0.15) is 35.2 Å². The second-order valence-electron chi connectivity index (χ2n) is 10.6. The average molecular weight is 702 g/mol. The number of methoxy groups -OCH3 is 2. The van der Waals surface area contributed by atoms with E-state index in [1.54, 1.807) is 44.4 Å². The maximum atomic E-state index is 14.4. The molecule has 0 saturated carbocycles. The third kappa shape index (κ3) is 6.62. The van der Waals surface area contributed by atoms with Gasteiger partial charge in [0.05, 0.1) is 52.7 Å². The molecule has 0 spiro atoms. The lowest BCUT2D eigenvalue weighted by atomic mass is 9.93. The van der Waals surface area contributed by atoms with E-state index in [1.165, 1.54) is 23.0 Å². The molecule has 244 valence electrons. The first kappa shape index (κ1) is 33.1. The Kier molecular flexibility index (Phi) is 10.0. The summed E-state index contributed by atoms with van der Waals surface area (Å²) in [5.74, 6) is 0.959. The van der Waals surface area contributed by atoms with E-state index in [2.05, 4.69) is 0 Å². The van der Waals surface area contributed by atoms with Crippen LogP contribution < -0.4 is 29.1 Å². The highest BCUT2D eigenvalue weighted by Gasteiger charge is 2.35. The number of nitrogens with zero attached hydrogens (tertiary/aromatic N) is 2. The molecule has 0 radical (unpaired) electrons. The van der Waals surface area contributed by atoms with Crippen molar-refractivity contribution in [3.05, 3.63) is 149 Å². The number of fused-ring (bicyclic) bond motifs is 1. The van der Waals surface area contributed by atoms with Gasteiger partial charge in [-0.05, 0) is 54.5 Å². The Labute approximate surface area is 290 Å². The van der Waals surface area contributed by atoms with Crippen LogP contribution in [0.4, 0.5) is 0 Å². The number of carbonyl (C=O) groups is 1. The second-order valence-corrected chi connectivity index (χ2v) is 12.4. The lowest BCUT2D eigenvalue weighted by Gasteiger charge is -2.26. The Hall–Kier alpha value is -4.83. The predicted octanol–water partition coefficient (Wildman–Crippen LogP) is 6.84. The van der Waals surface area contributed by atoms with E-state index in [9.17, 15) is 9.59 Å². The third-order valence-corrected chi connectivity index (χ3v) is 9.40. The van der Waals surface area contributed by atoms with Gasteiger partial charge in [-0.25, -0.2) is 9.79 Å². The molecule has 1 aliphatic heterocycles. The largest absolute Gasteiger partial charge is 0.493 e. The third-order valence-electron chi connectivity index (χ3n) is 7.68. The van der Waals surface area contributed by atoms with E-state index < -0.39 is 12.0 Å². The van der Waals surface area contributed by atoms with Crippen LogP contribution in [0.25, 0.3) is 11.8 Å². The minimum atomic E-state index is -0.876. The SMILES string of the molecule is CCOC(=O)C1=C(c2ccccc2)N=c2s/c(=C\c3ccccc3OCc3ccc(Cl)c(Cl)c3)c(=O)n2[C@H]1c1ccc(OC)c(OC)c1. The van der Waals surface area contributed by atoms with Crippen molar-refractivity contribution in [2.75, 3.05) is 20.8 Å². The fraction of sp³-hybridized carbons (Fsp3) is 0.162. The Morgan fingerprint density at radius 3 is 2.38 bits per heavy atom. The molecule has 0 aliphatic carbocycles. The molecular weight excluding hydrogens is 671 g/mol. The van der Waals surface area contributed by atoms with Gasteiger partial charge < -0.3 is 18.9 Å². The number of rotatable bonds is 10. The van der Waals surface area contributed by atoms with Gasteiger partial charge in [-0.15, -0.1) is 0 Å². The lowest BCUT2D eigenvalue weighted by Crippen LogP contribution is -2.40. The number of ether oxygens (including phenoxy) is 4. The van der Waals surface area contributed by atoms with E-state index in [0.29, 0.717) is 59.0 Å². The fourth-order valence-electron chi connectivity index (χ4n) is 5.44. The van der Waals surface area contributed by atoms with E-state index in [1.807, 2.05) is 66.7 Å². The quantitative estimate of drug-likeness (QED) is 0.148. The molecule has 1 aromatic heterocycles. The first-order valence-electron chi connectivity index (χ1n) is 15.0. The molecule has 0 saturated heterocycles. The summed E-state index contributed by atoms with van der Waals surface area (Å²) in [7, 11) is 3.08. The van der Waals surface area contributed by atoms with Gasteiger partial charge >= 0.3 is 5.97 Å². The van der Waals surface area contributed by atoms with Crippen LogP contribution in [0, 0.1) is 0 Å². The molecule has 0 N–H and O–H groups in total. The number of para-hydroxylation sites is 1. The van der Waals surface area contributed by atoms with Crippen molar-refractivity contribution in [3.8, 4) is 17.2 Å². The molecule has 0 fully saturated rings. The van der Waals surface area contributed by atoms with Crippen molar-refractivity contribution in [1.82, 2.24) is 4.57 Å². The van der Waals surface area contributed by atoms with Crippen molar-refractivity contribution in [1.29, 1.82) is 0 Å². The second kappa shape index (κ2) is 14.5. The average Bonchev–Trinajstić information content (AvgIpc) is 3.42. The van der Waals surface area contributed by atoms with E-state index in [0.717, 1.165) is 5.56 Å². The smallest absolute Gasteiger partial charge is 0.338 e. The van der Waals surface area contributed by atoms with Crippen molar-refractivity contribution < 1.29 is 23.7 Å². The molecule has 1 atom stereocenters. The number of hydrogen-bond acceptors (Lipinski definition) is 8. The number of thiazole rings is 1. The molecule has 2 heterocycles. The lowest BCUT2D eigenvalue weighted by molar-refractivity contribution is -0.138. The molecule has 5 aromatic rings. The predicted molar refractivity (Wildman–Crippen MR) is 188 cm³/mol. The summed E-state index contributed by atoms with van der Waals surface area (Å²) >= 11 is 13.5. The summed E-state index contributed by atoms with van der Waals surface area (Å²) in [6, 6.07) is 26.6. The summed E-state index contributed by atoms with van der Waals surface area (Å²) in [5, 5.41) is 0.900. The van der Waals surface area contributed by atoms with Crippen molar-refractivity contribution >= 4 is 52.3 Å². The molecule has 0 unspecified atom stereocenters. The normalized spacial score (nSPS) is 14.3. The van der Waals surface area contributed by atoms with Gasteiger partial charge in [0, 0.05) is 11.1 Å². The van der Waals surface area contributed by atoms with Gasteiger partial charge in [-0.2, -0.15) is 0 Å². The Morgan fingerprint density at radius 1 is 0.896 bits per heavy atom. The van der Waals surface area contributed by atoms with Gasteiger partial charge in [0.25, 0.3) is 5.56 Å².